The monoisotopic (exact) mass is 491 g/mol. The van der Waals surface area contributed by atoms with Crippen molar-refractivity contribution in [1.82, 2.24) is 23.6 Å². The first-order chi connectivity index (χ1) is 15.8. The molecule has 1 fully saturated rings. The predicted octanol–water partition coefficient (Wildman–Crippen LogP) is 3.21. The number of hydrogen-bond donors (Lipinski definition) is 0. The third kappa shape index (κ3) is 4.86. The van der Waals surface area contributed by atoms with Gasteiger partial charge in [-0.2, -0.15) is 9.40 Å². The number of benzene rings is 2. The molecule has 1 saturated heterocycles. The van der Waals surface area contributed by atoms with Crippen LogP contribution >= 0.6 is 12.2 Å². The van der Waals surface area contributed by atoms with E-state index in [0.29, 0.717) is 44.2 Å². The summed E-state index contributed by atoms with van der Waals surface area (Å²) in [7, 11) is -2.03. The molecule has 1 aliphatic rings. The molecule has 0 radical (unpaired) electrons. The van der Waals surface area contributed by atoms with E-state index in [2.05, 4.69) is 4.90 Å². The molecule has 2 aromatic carbocycles. The van der Waals surface area contributed by atoms with Crippen molar-refractivity contribution in [2.24, 2.45) is 0 Å². The van der Waals surface area contributed by atoms with E-state index in [1.165, 1.54) is 16.4 Å². The summed E-state index contributed by atoms with van der Waals surface area (Å²) < 4.78 is 50.0. The highest BCUT2D eigenvalue weighted by Gasteiger charge is 2.29. The number of sulfonamides is 1. The van der Waals surface area contributed by atoms with Crippen LogP contribution in [0.4, 0.5) is 4.39 Å². The Hall–Kier alpha value is -2.60. The van der Waals surface area contributed by atoms with Gasteiger partial charge in [0.1, 0.15) is 11.6 Å². The van der Waals surface area contributed by atoms with Crippen LogP contribution < -0.4 is 4.74 Å². The first-order valence-electron chi connectivity index (χ1n) is 10.6. The molecule has 0 amide bonds. The molecular weight excluding hydrogens is 465 g/mol. The summed E-state index contributed by atoms with van der Waals surface area (Å²) in [4.78, 5) is 2.22. The maximum absolute atomic E-state index is 13.2. The summed E-state index contributed by atoms with van der Waals surface area (Å²) in [6, 6.07) is 12.6. The van der Waals surface area contributed by atoms with Crippen molar-refractivity contribution in [2.45, 2.75) is 25.0 Å². The van der Waals surface area contributed by atoms with Gasteiger partial charge in [0.25, 0.3) is 0 Å². The lowest BCUT2D eigenvalue weighted by Crippen LogP contribution is -2.48. The molecule has 33 heavy (non-hydrogen) atoms. The van der Waals surface area contributed by atoms with Crippen molar-refractivity contribution < 1.29 is 17.5 Å². The Morgan fingerprint density at radius 2 is 1.79 bits per heavy atom. The van der Waals surface area contributed by atoms with Gasteiger partial charge < -0.3 is 9.30 Å². The van der Waals surface area contributed by atoms with Gasteiger partial charge in [-0.3, -0.25) is 4.90 Å². The molecule has 0 atom stereocenters. The van der Waals surface area contributed by atoms with Crippen LogP contribution in [0.1, 0.15) is 6.92 Å². The third-order valence-corrected chi connectivity index (χ3v) is 8.03. The molecule has 0 aliphatic carbocycles. The number of rotatable bonds is 7. The van der Waals surface area contributed by atoms with E-state index < -0.39 is 15.8 Å². The number of ether oxygens (including phenoxy) is 1. The minimum atomic E-state index is -3.65. The Morgan fingerprint density at radius 1 is 1.09 bits per heavy atom. The molecule has 4 rings (SSSR count). The van der Waals surface area contributed by atoms with Crippen LogP contribution in [0, 0.1) is 10.6 Å². The molecule has 1 aromatic heterocycles. The summed E-state index contributed by atoms with van der Waals surface area (Å²) in [5.41, 5.74) is 0.913. The van der Waals surface area contributed by atoms with Crippen LogP contribution in [0.15, 0.2) is 53.4 Å². The summed E-state index contributed by atoms with van der Waals surface area (Å²) in [6.07, 6.45) is 0. The summed E-state index contributed by atoms with van der Waals surface area (Å²) in [5.74, 6) is 1.04. The zero-order chi connectivity index (χ0) is 23.6. The van der Waals surface area contributed by atoms with Crippen molar-refractivity contribution in [3.8, 4) is 17.1 Å². The quantitative estimate of drug-likeness (QED) is 0.473. The maximum Gasteiger partial charge on any atom is 0.243 e. The van der Waals surface area contributed by atoms with Gasteiger partial charge in [0.05, 0.1) is 18.7 Å². The zero-order valence-electron chi connectivity index (χ0n) is 18.5. The molecule has 11 heteroatoms. The molecule has 0 unspecified atom stereocenters. The van der Waals surface area contributed by atoms with Gasteiger partial charge in [0.2, 0.25) is 10.0 Å². The average Bonchev–Trinajstić information content (AvgIpc) is 3.14. The van der Waals surface area contributed by atoms with Crippen molar-refractivity contribution in [2.75, 3.05) is 33.3 Å². The van der Waals surface area contributed by atoms with Gasteiger partial charge in [-0.15, -0.1) is 0 Å². The fourth-order valence-corrected chi connectivity index (χ4v) is 5.59. The van der Waals surface area contributed by atoms with Crippen LogP contribution in [0.2, 0.25) is 0 Å². The first-order valence-corrected chi connectivity index (χ1v) is 12.5. The molecule has 3 aromatic rings. The molecule has 176 valence electrons. The van der Waals surface area contributed by atoms with Crippen LogP contribution in [0.5, 0.6) is 5.75 Å². The standard InChI is InChI=1S/C22H26FN5O3S2/c1-3-27-21(17-5-4-6-19(15-17)31-2)24-28(22(27)32)16-25-11-13-26(14-12-25)33(29,30)20-9-7-18(23)8-10-20/h4-10,15H,3,11-14,16H2,1-2H3. The van der Waals surface area contributed by atoms with Crippen LogP contribution in [-0.2, 0) is 23.2 Å². The molecule has 1 aliphatic heterocycles. The van der Waals surface area contributed by atoms with Crippen molar-refractivity contribution in [1.29, 1.82) is 0 Å². The lowest BCUT2D eigenvalue weighted by atomic mass is 10.2. The molecule has 0 bridgehead atoms. The highest BCUT2D eigenvalue weighted by atomic mass is 32.2. The lowest BCUT2D eigenvalue weighted by molar-refractivity contribution is 0.144. The van der Waals surface area contributed by atoms with Gasteiger partial charge in [0.15, 0.2) is 10.6 Å². The molecule has 0 spiro atoms. The van der Waals surface area contributed by atoms with E-state index in [4.69, 9.17) is 22.1 Å². The highest BCUT2D eigenvalue weighted by Crippen LogP contribution is 2.24. The van der Waals surface area contributed by atoms with E-state index in [-0.39, 0.29) is 4.90 Å². The van der Waals surface area contributed by atoms with Gasteiger partial charge in [-0.1, -0.05) is 12.1 Å². The Bertz CT molecular complexity index is 1280. The Labute approximate surface area is 197 Å². The fraction of sp³-hybridized carbons (Fsp3) is 0.364. The second-order valence-corrected chi connectivity index (χ2v) is 10.0. The zero-order valence-corrected chi connectivity index (χ0v) is 20.1. The minimum absolute atomic E-state index is 0.101. The SMILES string of the molecule is CCn1c(-c2cccc(OC)c2)nn(CN2CCN(S(=O)(=O)c3ccc(F)cc3)CC2)c1=S. The molecule has 0 N–H and O–H groups in total. The topological polar surface area (TPSA) is 72.6 Å². The third-order valence-electron chi connectivity index (χ3n) is 5.68. The van der Waals surface area contributed by atoms with E-state index in [0.717, 1.165) is 29.3 Å². The fourth-order valence-electron chi connectivity index (χ4n) is 3.85. The molecule has 0 saturated carbocycles. The number of methoxy groups -OCH3 is 1. The highest BCUT2D eigenvalue weighted by molar-refractivity contribution is 7.89. The largest absolute Gasteiger partial charge is 0.497 e. The molecule has 2 heterocycles. The number of piperazine rings is 1. The number of halogens is 1. The van der Waals surface area contributed by atoms with Crippen LogP contribution in [0.25, 0.3) is 11.4 Å². The lowest BCUT2D eigenvalue weighted by Gasteiger charge is -2.33. The number of hydrogen-bond acceptors (Lipinski definition) is 6. The smallest absolute Gasteiger partial charge is 0.243 e. The predicted molar refractivity (Wildman–Crippen MR) is 125 cm³/mol. The summed E-state index contributed by atoms with van der Waals surface area (Å²) >= 11 is 5.67. The maximum atomic E-state index is 13.2. The molecule has 8 nitrogen and oxygen atoms in total. The van der Waals surface area contributed by atoms with E-state index >= 15 is 0 Å². The van der Waals surface area contributed by atoms with E-state index in [1.54, 1.807) is 11.8 Å². The Kier molecular flexibility index (Phi) is 6.94. The second kappa shape index (κ2) is 9.72. The summed E-state index contributed by atoms with van der Waals surface area (Å²) in [6.45, 7) is 4.91. The van der Waals surface area contributed by atoms with Gasteiger partial charge in [0, 0.05) is 38.3 Å². The number of nitrogens with zero attached hydrogens (tertiary/aromatic N) is 5. The number of aromatic nitrogens is 3. The minimum Gasteiger partial charge on any atom is -0.497 e. The van der Waals surface area contributed by atoms with Crippen molar-refractivity contribution in [3.05, 3.63) is 59.1 Å². The van der Waals surface area contributed by atoms with Crippen LogP contribution in [-0.4, -0.2) is 65.3 Å². The van der Waals surface area contributed by atoms with Crippen molar-refractivity contribution >= 4 is 22.2 Å². The van der Waals surface area contributed by atoms with Gasteiger partial charge in [-0.05, 0) is 55.5 Å². The summed E-state index contributed by atoms with van der Waals surface area (Å²) in [5, 5.41) is 4.75. The Morgan fingerprint density at radius 3 is 2.42 bits per heavy atom. The first kappa shape index (κ1) is 23.6. The second-order valence-electron chi connectivity index (χ2n) is 7.70. The van der Waals surface area contributed by atoms with Crippen molar-refractivity contribution in [3.63, 3.8) is 0 Å². The Balaban J connectivity index is 1.48. The normalized spacial score (nSPS) is 15.6. The van der Waals surface area contributed by atoms with Gasteiger partial charge in [-0.25, -0.2) is 17.5 Å². The van der Waals surface area contributed by atoms with Crippen LogP contribution in [0.3, 0.4) is 0 Å². The molecular formula is C22H26FN5O3S2. The van der Waals surface area contributed by atoms with E-state index in [1.807, 2.05) is 35.8 Å². The van der Waals surface area contributed by atoms with E-state index in [9.17, 15) is 12.8 Å². The van der Waals surface area contributed by atoms with Gasteiger partial charge >= 0.3 is 0 Å². The average molecular weight is 492 g/mol.